The molecule has 0 aliphatic heterocycles. The molecule has 1 amide bonds. The first-order chi connectivity index (χ1) is 10.6. The number of carbonyl (C=O) groups excluding carboxylic acids is 1. The van der Waals surface area contributed by atoms with E-state index in [9.17, 15) is 14.4 Å². The van der Waals surface area contributed by atoms with Crippen LogP contribution in [0.2, 0.25) is 0 Å². The van der Waals surface area contributed by atoms with Crippen molar-refractivity contribution in [2.75, 3.05) is 7.05 Å². The number of H-pyrrole nitrogens is 1. The average Bonchev–Trinajstić information content (AvgIpc) is 2.54. The molecule has 6 heteroatoms. The van der Waals surface area contributed by atoms with Crippen LogP contribution in [0.3, 0.4) is 0 Å². The van der Waals surface area contributed by atoms with Gasteiger partial charge < -0.3 is 10.3 Å². The molecule has 0 aliphatic carbocycles. The maximum atomic E-state index is 12.5. The van der Waals surface area contributed by atoms with Crippen molar-refractivity contribution in [3.05, 3.63) is 74.9 Å². The van der Waals surface area contributed by atoms with E-state index in [4.69, 9.17) is 0 Å². The molecule has 0 unspecified atom stereocenters. The van der Waals surface area contributed by atoms with Gasteiger partial charge in [0.05, 0.1) is 16.6 Å². The minimum Gasteiger partial charge on any atom is -0.355 e. The highest BCUT2D eigenvalue weighted by Gasteiger charge is 2.11. The Kier molecular flexibility index (Phi) is 3.34. The molecule has 0 bridgehead atoms. The maximum absolute atomic E-state index is 12.5. The quantitative estimate of drug-likeness (QED) is 0.741. The molecular weight excluding hydrogens is 282 g/mol. The van der Waals surface area contributed by atoms with Crippen molar-refractivity contribution >= 4 is 16.8 Å². The number of carbonyl (C=O) groups is 1. The van der Waals surface area contributed by atoms with Crippen LogP contribution in [0.15, 0.2) is 58.1 Å². The molecule has 2 aromatic carbocycles. The number of nitrogens with one attached hydrogen (secondary N) is 2. The van der Waals surface area contributed by atoms with Crippen molar-refractivity contribution < 1.29 is 4.79 Å². The Morgan fingerprint density at radius 2 is 1.82 bits per heavy atom. The van der Waals surface area contributed by atoms with E-state index in [0.29, 0.717) is 22.2 Å². The molecule has 22 heavy (non-hydrogen) atoms. The first-order valence-electron chi connectivity index (χ1n) is 6.68. The zero-order chi connectivity index (χ0) is 15.7. The molecule has 0 aliphatic rings. The lowest BCUT2D eigenvalue weighted by atomic mass is 10.1. The Balaban J connectivity index is 2.29. The summed E-state index contributed by atoms with van der Waals surface area (Å²) < 4.78 is 1.07. The van der Waals surface area contributed by atoms with E-state index in [-0.39, 0.29) is 5.91 Å². The summed E-state index contributed by atoms with van der Waals surface area (Å²) >= 11 is 0. The molecular formula is C16H13N3O3. The normalized spacial score (nSPS) is 10.6. The predicted molar refractivity (Wildman–Crippen MR) is 83.6 cm³/mol. The largest absolute Gasteiger partial charge is 0.355 e. The van der Waals surface area contributed by atoms with Crippen LogP contribution in [-0.2, 0) is 0 Å². The highest BCUT2D eigenvalue weighted by atomic mass is 16.2. The third kappa shape index (κ3) is 2.20. The van der Waals surface area contributed by atoms with E-state index < -0.39 is 11.2 Å². The van der Waals surface area contributed by atoms with E-state index in [1.807, 2.05) is 0 Å². The molecule has 0 fully saturated rings. The van der Waals surface area contributed by atoms with E-state index in [1.54, 1.807) is 36.4 Å². The number of para-hydroxylation sites is 1. The summed E-state index contributed by atoms with van der Waals surface area (Å²) in [5, 5.41) is 2.84. The number of benzene rings is 2. The zero-order valence-electron chi connectivity index (χ0n) is 11.8. The van der Waals surface area contributed by atoms with E-state index >= 15 is 0 Å². The Hall–Kier alpha value is -3.15. The van der Waals surface area contributed by atoms with Crippen molar-refractivity contribution in [3.63, 3.8) is 0 Å². The SMILES string of the molecule is CNC(=O)c1ccc2c(=O)n(-c3ccccc3)c(=O)[nH]c2c1. The van der Waals surface area contributed by atoms with Gasteiger partial charge in [0.1, 0.15) is 0 Å². The molecule has 2 N–H and O–H groups in total. The molecule has 110 valence electrons. The van der Waals surface area contributed by atoms with Crippen LogP contribution in [0.4, 0.5) is 0 Å². The fraction of sp³-hybridized carbons (Fsp3) is 0.0625. The van der Waals surface area contributed by atoms with Crippen molar-refractivity contribution in [2.24, 2.45) is 0 Å². The zero-order valence-corrected chi connectivity index (χ0v) is 11.8. The minimum atomic E-state index is -0.544. The lowest BCUT2D eigenvalue weighted by molar-refractivity contribution is 0.0963. The summed E-state index contributed by atoms with van der Waals surface area (Å²) in [5.41, 5.74) is 0.239. The Morgan fingerprint density at radius 1 is 1.09 bits per heavy atom. The molecule has 6 nitrogen and oxygen atoms in total. The number of hydrogen-bond acceptors (Lipinski definition) is 3. The molecule has 0 atom stereocenters. The minimum absolute atomic E-state index is 0.282. The number of aromatic nitrogens is 2. The van der Waals surface area contributed by atoms with Crippen molar-refractivity contribution in [1.82, 2.24) is 14.9 Å². The Bertz CT molecular complexity index is 971. The van der Waals surface area contributed by atoms with E-state index in [0.717, 1.165) is 4.57 Å². The lowest BCUT2D eigenvalue weighted by Gasteiger charge is -2.07. The maximum Gasteiger partial charge on any atom is 0.333 e. The van der Waals surface area contributed by atoms with E-state index in [2.05, 4.69) is 10.3 Å². The van der Waals surface area contributed by atoms with Crippen LogP contribution in [0.1, 0.15) is 10.4 Å². The van der Waals surface area contributed by atoms with Crippen molar-refractivity contribution in [3.8, 4) is 5.69 Å². The number of rotatable bonds is 2. The van der Waals surface area contributed by atoms with Gasteiger partial charge in [-0.2, -0.15) is 0 Å². The van der Waals surface area contributed by atoms with Crippen molar-refractivity contribution in [2.45, 2.75) is 0 Å². The topological polar surface area (TPSA) is 84.0 Å². The highest BCUT2D eigenvalue weighted by Crippen LogP contribution is 2.10. The van der Waals surface area contributed by atoms with Gasteiger partial charge in [-0.05, 0) is 30.3 Å². The van der Waals surface area contributed by atoms with Gasteiger partial charge in [0.15, 0.2) is 0 Å². The molecule has 3 aromatic rings. The van der Waals surface area contributed by atoms with Gasteiger partial charge in [-0.15, -0.1) is 0 Å². The molecule has 0 saturated carbocycles. The second-order valence-electron chi connectivity index (χ2n) is 4.75. The fourth-order valence-electron chi connectivity index (χ4n) is 2.32. The standard InChI is InChI=1S/C16H13N3O3/c1-17-14(20)10-7-8-12-13(9-10)18-16(22)19(15(12)21)11-5-3-2-4-6-11/h2-9H,1H3,(H,17,20)(H,18,22). The molecule has 0 spiro atoms. The number of hydrogen-bond donors (Lipinski definition) is 2. The highest BCUT2D eigenvalue weighted by molar-refractivity contribution is 5.97. The Morgan fingerprint density at radius 3 is 2.50 bits per heavy atom. The fourth-order valence-corrected chi connectivity index (χ4v) is 2.32. The van der Waals surface area contributed by atoms with Crippen LogP contribution >= 0.6 is 0 Å². The summed E-state index contributed by atoms with van der Waals surface area (Å²) in [7, 11) is 1.52. The van der Waals surface area contributed by atoms with Crippen LogP contribution < -0.4 is 16.6 Å². The molecule has 0 radical (unpaired) electrons. The van der Waals surface area contributed by atoms with Crippen LogP contribution in [-0.4, -0.2) is 22.5 Å². The van der Waals surface area contributed by atoms with Gasteiger partial charge in [-0.3, -0.25) is 9.59 Å². The van der Waals surface area contributed by atoms with Crippen molar-refractivity contribution in [1.29, 1.82) is 0 Å². The van der Waals surface area contributed by atoms with Gasteiger partial charge in [0.2, 0.25) is 0 Å². The molecule has 1 aromatic heterocycles. The second-order valence-corrected chi connectivity index (χ2v) is 4.75. The van der Waals surface area contributed by atoms with Gasteiger partial charge in [-0.1, -0.05) is 18.2 Å². The smallest absolute Gasteiger partial charge is 0.333 e. The average molecular weight is 295 g/mol. The molecule has 0 saturated heterocycles. The van der Waals surface area contributed by atoms with Gasteiger partial charge in [-0.25, -0.2) is 9.36 Å². The molecule has 3 rings (SSSR count). The summed E-state index contributed by atoms with van der Waals surface area (Å²) in [4.78, 5) is 39.0. The first kappa shape index (κ1) is 13.8. The third-order valence-corrected chi connectivity index (χ3v) is 3.40. The van der Waals surface area contributed by atoms with Crippen LogP contribution in [0, 0.1) is 0 Å². The number of aromatic amines is 1. The second kappa shape index (κ2) is 5.33. The van der Waals surface area contributed by atoms with Crippen LogP contribution in [0.25, 0.3) is 16.6 Å². The third-order valence-electron chi connectivity index (χ3n) is 3.40. The molecule has 1 heterocycles. The monoisotopic (exact) mass is 295 g/mol. The van der Waals surface area contributed by atoms with Gasteiger partial charge >= 0.3 is 5.69 Å². The summed E-state index contributed by atoms with van der Waals surface area (Å²) in [6.07, 6.45) is 0. The van der Waals surface area contributed by atoms with E-state index in [1.165, 1.54) is 19.2 Å². The summed E-state index contributed by atoms with van der Waals surface area (Å²) in [5.74, 6) is -0.282. The van der Waals surface area contributed by atoms with Gasteiger partial charge in [0.25, 0.3) is 11.5 Å². The summed E-state index contributed by atoms with van der Waals surface area (Å²) in [6.45, 7) is 0. The first-order valence-corrected chi connectivity index (χ1v) is 6.68. The number of amides is 1. The summed E-state index contributed by atoms with van der Waals surface area (Å²) in [6, 6.07) is 13.3. The van der Waals surface area contributed by atoms with Crippen LogP contribution in [0.5, 0.6) is 0 Å². The Labute approximate surface area is 125 Å². The number of nitrogens with zero attached hydrogens (tertiary/aromatic N) is 1. The number of fused-ring (bicyclic) bond motifs is 1. The predicted octanol–water partition coefficient (Wildman–Crippen LogP) is 1.04. The lowest BCUT2D eigenvalue weighted by Crippen LogP contribution is -2.33. The van der Waals surface area contributed by atoms with Gasteiger partial charge in [0, 0.05) is 12.6 Å².